The second kappa shape index (κ2) is 20.3. The van der Waals surface area contributed by atoms with Gasteiger partial charge in [0, 0.05) is 25.5 Å². The summed E-state index contributed by atoms with van der Waals surface area (Å²) in [5, 5.41) is 0. The van der Waals surface area contributed by atoms with E-state index in [2.05, 4.69) is 43.0 Å². The molecule has 1 heterocycles. The summed E-state index contributed by atoms with van der Waals surface area (Å²) >= 11 is 0. The fourth-order valence-corrected chi connectivity index (χ4v) is 4.86. The Bertz CT molecular complexity index is 379. The van der Waals surface area contributed by atoms with Gasteiger partial charge >= 0.3 is 0 Å². The first-order valence-electron chi connectivity index (χ1n) is 14.0. The maximum atomic E-state index is 2.59. The smallest absolute Gasteiger partial charge is 0.100 e. The van der Waals surface area contributed by atoms with Gasteiger partial charge in [0.15, 0.2) is 0 Å². The average molecular weight is 421 g/mol. The van der Waals surface area contributed by atoms with Crippen molar-refractivity contribution in [2.45, 2.75) is 155 Å². The van der Waals surface area contributed by atoms with E-state index in [1.165, 1.54) is 142 Å². The van der Waals surface area contributed by atoms with E-state index >= 15 is 0 Å². The third-order valence-electron chi connectivity index (χ3n) is 6.87. The van der Waals surface area contributed by atoms with E-state index in [9.17, 15) is 0 Å². The molecule has 0 N–H and O–H groups in total. The summed E-state index contributed by atoms with van der Waals surface area (Å²) in [6.45, 7) is 9.41. The average Bonchev–Trinajstić information content (AvgIpc) is 3.15. The predicted octanol–water partition coefficient (Wildman–Crippen LogP) is 9.26. The highest BCUT2D eigenvalue weighted by Crippen LogP contribution is 2.21. The second-order valence-corrected chi connectivity index (χ2v) is 9.67. The van der Waals surface area contributed by atoms with Crippen molar-refractivity contribution in [3.63, 3.8) is 0 Å². The molecular formula is C28H56N2. The highest BCUT2D eigenvalue weighted by atomic mass is 15.4. The van der Waals surface area contributed by atoms with Crippen molar-refractivity contribution in [3.8, 4) is 0 Å². The molecule has 0 aromatic rings. The largest absolute Gasteiger partial charge is 0.356 e. The van der Waals surface area contributed by atoms with Gasteiger partial charge in [-0.2, -0.15) is 0 Å². The fraction of sp³-hybridized carbons (Fsp3) is 0.929. The topological polar surface area (TPSA) is 6.48 Å². The second-order valence-electron chi connectivity index (χ2n) is 9.67. The van der Waals surface area contributed by atoms with Gasteiger partial charge in [-0.25, -0.2) is 0 Å². The maximum absolute atomic E-state index is 2.59. The van der Waals surface area contributed by atoms with Gasteiger partial charge in [-0.1, -0.05) is 130 Å². The lowest BCUT2D eigenvalue weighted by molar-refractivity contribution is 0.144. The van der Waals surface area contributed by atoms with Gasteiger partial charge in [0.25, 0.3) is 0 Å². The molecular weight excluding hydrogens is 364 g/mol. The maximum Gasteiger partial charge on any atom is 0.100 e. The summed E-state index contributed by atoms with van der Waals surface area (Å²) < 4.78 is 0. The minimum atomic E-state index is 0.623. The van der Waals surface area contributed by atoms with E-state index in [1.54, 1.807) is 0 Å². The molecule has 0 saturated heterocycles. The van der Waals surface area contributed by atoms with Crippen molar-refractivity contribution in [2.75, 3.05) is 13.1 Å². The first-order valence-corrected chi connectivity index (χ1v) is 14.0. The number of rotatable bonds is 22. The van der Waals surface area contributed by atoms with Gasteiger partial charge in [0.05, 0.1) is 0 Å². The minimum absolute atomic E-state index is 0.623. The first-order chi connectivity index (χ1) is 14.8. The number of nitrogens with zero attached hydrogens (tertiary/aromatic N) is 2. The van der Waals surface area contributed by atoms with E-state index in [-0.39, 0.29) is 0 Å². The quantitative estimate of drug-likeness (QED) is 0.161. The van der Waals surface area contributed by atoms with Gasteiger partial charge < -0.3 is 9.80 Å². The summed E-state index contributed by atoms with van der Waals surface area (Å²) in [7, 11) is 0. The van der Waals surface area contributed by atoms with Gasteiger partial charge in [0.2, 0.25) is 0 Å². The third-order valence-corrected chi connectivity index (χ3v) is 6.87. The van der Waals surface area contributed by atoms with Gasteiger partial charge in [-0.15, -0.1) is 0 Å². The third kappa shape index (κ3) is 13.6. The van der Waals surface area contributed by atoms with E-state index in [4.69, 9.17) is 0 Å². The highest BCUT2D eigenvalue weighted by Gasteiger charge is 2.23. The summed E-state index contributed by atoms with van der Waals surface area (Å²) in [5.41, 5.74) is 0. The van der Waals surface area contributed by atoms with Crippen molar-refractivity contribution in [2.24, 2.45) is 0 Å². The predicted molar refractivity (Wildman–Crippen MR) is 136 cm³/mol. The Balaban J connectivity index is 1.86. The Morgan fingerprint density at radius 1 is 0.433 bits per heavy atom. The van der Waals surface area contributed by atoms with Crippen molar-refractivity contribution < 1.29 is 0 Å². The molecule has 0 aromatic carbocycles. The SMILES string of the molecule is CCCCCCCCCCCCCCCCCCN1C=CN(CCCCC)C1CC. The van der Waals surface area contributed by atoms with Crippen LogP contribution in [0.5, 0.6) is 0 Å². The summed E-state index contributed by atoms with van der Waals surface area (Å²) in [5.74, 6) is 0. The Kier molecular flexibility index (Phi) is 18.5. The molecule has 1 aliphatic rings. The highest BCUT2D eigenvalue weighted by molar-refractivity contribution is 4.96. The molecule has 1 rings (SSSR count). The van der Waals surface area contributed by atoms with E-state index in [0.29, 0.717) is 6.17 Å². The molecule has 0 radical (unpaired) electrons. The molecule has 0 aliphatic carbocycles. The zero-order valence-corrected chi connectivity index (χ0v) is 21.2. The molecule has 0 amide bonds. The van der Waals surface area contributed by atoms with Gasteiger partial charge in [-0.05, 0) is 19.3 Å². The molecule has 1 unspecified atom stereocenters. The van der Waals surface area contributed by atoms with Crippen LogP contribution in [0.4, 0.5) is 0 Å². The van der Waals surface area contributed by atoms with Crippen LogP contribution in [-0.4, -0.2) is 29.1 Å². The molecule has 30 heavy (non-hydrogen) atoms. The van der Waals surface area contributed by atoms with E-state index in [0.717, 1.165) is 0 Å². The minimum Gasteiger partial charge on any atom is -0.356 e. The van der Waals surface area contributed by atoms with E-state index < -0.39 is 0 Å². The summed E-state index contributed by atoms with van der Waals surface area (Å²) in [4.78, 5) is 5.16. The lowest BCUT2D eigenvalue weighted by Gasteiger charge is -2.32. The molecule has 2 nitrogen and oxygen atoms in total. The van der Waals surface area contributed by atoms with Crippen LogP contribution in [0.25, 0.3) is 0 Å². The number of unbranched alkanes of at least 4 members (excludes halogenated alkanes) is 17. The van der Waals surface area contributed by atoms with Gasteiger partial charge in [0.1, 0.15) is 6.17 Å². The number of hydrogen-bond donors (Lipinski definition) is 0. The van der Waals surface area contributed by atoms with Crippen molar-refractivity contribution in [3.05, 3.63) is 12.4 Å². The standard InChI is InChI=1S/C28H56N2/c1-4-7-9-10-11-12-13-14-15-16-17-18-19-20-21-23-25-30-27-26-29(28(30)6-3)24-22-8-5-2/h26-28H,4-25H2,1-3H3. The molecule has 2 heteroatoms. The summed E-state index contributed by atoms with van der Waals surface area (Å²) in [6, 6.07) is 0. The normalized spacial score (nSPS) is 16.2. The van der Waals surface area contributed by atoms with Crippen LogP contribution in [-0.2, 0) is 0 Å². The molecule has 1 atom stereocenters. The lowest BCUT2D eigenvalue weighted by Crippen LogP contribution is -2.38. The zero-order valence-electron chi connectivity index (χ0n) is 21.2. The van der Waals surface area contributed by atoms with Crippen LogP contribution in [0, 0.1) is 0 Å². The van der Waals surface area contributed by atoms with Crippen LogP contribution >= 0.6 is 0 Å². The monoisotopic (exact) mass is 420 g/mol. The lowest BCUT2D eigenvalue weighted by atomic mass is 10.0. The van der Waals surface area contributed by atoms with Crippen LogP contribution < -0.4 is 0 Å². The van der Waals surface area contributed by atoms with Gasteiger partial charge in [-0.3, -0.25) is 0 Å². The molecule has 0 fully saturated rings. The summed E-state index contributed by atoms with van der Waals surface area (Å²) in [6.07, 6.45) is 33.8. The van der Waals surface area contributed by atoms with Crippen molar-refractivity contribution in [1.82, 2.24) is 9.80 Å². The molecule has 0 saturated carbocycles. The van der Waals surface area contributed by atoms with Crippen LogP contribution in [0.3, 0.4) is 0 Å². The zero-order chi connectivity index (χ0) is 21.7. The van der Waals surface area contributed by atoms with Crippen LogP contribution in [0.15, 0.2) is 12.4 Å². The fourth-order valence-electron chi connectivity index (χ4n) is 4.86. The Labute approximate surface area is 190 Å². The van der Waals surface area contributed by atoms with Crippen molar-refractivity contribution in [1.29, 1.82) is 0 Å². The molecule has 178 valence electrons. The molecule has 0 bridgehead atoms. The molecule has 1 aliphatic heterocycles. The molecule has 0 aromatic heterocycles. The first kappa shape index (κ1) is 27.4. The van der Waals surface area contributed by atoms with E-state index in [1.807, 2.05) is 0 Å². The van der Waals surface area contributed by atoms with Crippen molar-refractivity contribution >= 4 is 0 Å². The number of hydrogen-bond acceptors (Lipinski definition) is 2. The molecule has 0 spiro atoms. The van der Waals surface area contributed by atoms with Crippen LogP contribution in [0.2, 0.25) is 0 Å². The van der Waals surface area contributed by atoms with Crippen LogP contribution in [0.1, 0.15) is 149 Å². The Morgan fingerprint density at radius 3 is 1.10 bits per heavy atom. The Morgan fingerprint density at radius 2 is 0.733 bits per heavy atom. The Hall–Kier alpha value is -0.660.